The molecule has 1 fully saturated rings. The number of carbonyl (C=O) groups is 5. The number of hydrogen-bond donors (Lipinski definition) is 3. The summed E-state index contributed by atoms with van der Waals surface area (Å²) in [5.41, 5.74) is 4.86. The molecule has 10 nitrogen and oxygen atoms in total. The number of esters is 1. The fourth-order valence-electron chi connectivity index (χ4n) is 5.80. The van der Waals surface area contributed by atoms with Crippen LogP contribution in [0.25, 0.3) is 0 Å². The molecule has 2 amide bonds. The van der Waals surface area contributed by atoms with Gasteiger partial charge in [0.05, 0.1) is 5.92 Å². The first-order chi connectivity index (χ1) is 21.2. The number of ether oxygens (including phenoxy) is 1. The highest BCUT2D eigenvalue weighted by Gasteiger charge is 2.40. The minimum atomic E-state index is -1.09. The number of hydrogen-bond acceptors (Lipinski definition) is 7. The van der Waals surface area contributed by atoms with Crippen molar-refractivity contribution in [2.75, 3.05) is 6.54 Å². The maximum absolute atomic E-state index is 13.8. The summed E-state index contributed by atoms with van der Waals surface area (Å²) in [4.78, 5) is 68.1. The van der Waals surface area contributed by atoms with Gasteiger partial charge < -0.3 is 25.8 Å². The van der Waals surface area contributed by atoms with E-state index < -0.39 is 41.9 Å². The quantitative estimate of drug-likeness (QED) is 0.166. The topological polar surface area (TPSA) is 158 Å². The number of benzene rings is 1. The first-order valence-electron chi connectivity index (χ1n) is 16.6. The standard InChI is InChI=1S/C35H55N3O7/c1-8-23(6)31(36)30(40)19-26(39)18-27(22(4)5)32(41)24(7)33(42)37-28(17-21(2)3)34(43)38-16-12-15-29(38)35(44)45-20-25-13-10-9-11-14-25/h9-11,13-14,21-24,27-31,40H,8,12,15-20,36H2,1-7H3,(H,37,42)/p+1/t23-,24+,27-,28-,29-,30-,31+/m0/s1. The number of carbonyl (C=O) groups excluding carboxylic acids is 5. The summed E-state index contributed by atoms with van der Waals surface area (Å²) in [6.07, 6.45) is 1.21. The van der Waals surface area contributed by atoms with Crippen molar-refractivity contribution in [2.24, 2.45) is 29.6 Å². The Morgan fingerprint density at radius 1 is 1.02 bits per heavy atom. The predicted octanol–water partition coefficient (Wildman–Crippen LogP) is 3.10. The zero-order chi connectivity index (χ0) is 33.8. The lowest BCUT2D eigenvalue weighted by Gasteiger charge is -2.30. The van der Waals surface area contributed by atoms with Crippen molar-refractivity contribution in [3.05, 3.63) is 35.9 Å². The van der Waals surface area contributed by atoms with Gasteiger partial charge >= 0.3 is 5.97 Å². The van der Waals surface area contributed by atoms with E-state index >= 15 is 0 Å². The monoisotopic (exact) mass is 630 g/mol. The zero-order valence-electron chi connectivity index (χ0n) is 28.3. The molecule has 2 rings (SSSR count). The van der Waals surface area contributed by atoms with Crippen molar-refractivity contribution < 1.29 is 39.5 Å². The van der Waals surface area contributed by atoms with E-state index in [0.717, 1.165) is 12.0 Å². The van der Waals surface area contributed by atoms with Crippen LogP contribution >= 0.6 is 0 Å². The molecule has 1 aromatic rings. The summed E-state index contributed by atoms with van der Waals surface area (Å²) in [7, 11) is 0. The number of likely N-dealkylation sites (tertiary alicyclic amines) is 1. The Balaban J connectivity index is 2.09. The Morgan fingerprint density at radius 2 is 1.67 bits per heavy atom. The molecule has 5 N–H and O–H groups in total. The molecule has 252 valence electrons. The smallest absolute Gasteiger partial charge is 0.329 e. The van der Waals surface area contributed by atoms with Crippen molar-refractivity contribution in [3.8, 4) is 0 Å². The SMILES string of the molecule is CC[C@H](C)[C@@H]([NH3+])[C@@H](O)CC(=O)C[C@H](C(=O)[C@@H](C)C(=O)N[C@@H](CC(C)C)C(=O)N1CCC[C@H]1C(=O)OCc1ccccc1)C(C)C. The van der Waals surface area contributed by atoms with Crippen molar-refractivity contribution >= 4 is 29.4 Å². The van der Waals surface area contributed by atoms with Crippen LogP contribution in [0.3, 0.4) is 0 Å². The molecule has 0 aliphatic carbocycles. The van der Waals surface area contributed by atoms with Crippen molar-refractivity contribution in [3.63, 3.8) is 0 Å². The van der Waals surface area contributed by atoms with Crippen LogP contribution in [0.2, 0.25) is 0 Å². The Morgan fingerprint density at radius 3 is 2.24 bits per heavy atom. The van der Waals surface area contributed by atoms with E-state index in [9.17, 15) is 29.1 Å². The van der Waals surface area contributed by atoms with Crippen LogP contribution in [0.1, 0.15) is 92.6 Å². The average molecular weight is 631 g/mol. The van der Waals surface area contributed by atoms with Crippen LogP contribution in [-0.2, 0) is 35.3 Å². The van der Waals surface area contributed by atoms with Crippen molar-refractivity contribution in [1.29, 1.82) is 0 Å². The first kappa shape index (κ1) is 38.1. The molecule has 10 heteroatoms. The summed E-state index contributed by atoms with van der Waals surface area (Å²) in [5, 5.41) is 13.3. The number of rotatable bonds is 18. The van der Waals surface area contributed by atoms with Gasteiger partial charge in [0.1, 0.15) is 42.4 Å². The molecule has 0 saturated carbocycles. The van der Waals surface area contributed by atoms with Gasteiger partial charge in [-0.25, -0.2) is 4.79 Å². The fraction of sp³-hybridized carbons (Fsp3) is 0.686. The van der Waals surface area contributed by atoms with Crippen LogP contribution in [0, 0.1) is 29.6 Å². The number of ketones is 2. The number of aliphatic hydroxyl groups is 1. The van der Waals surface area contributed by atoms with E-state index in [1.165, 1.54) is 11.8 Å². The average Bonchev–Trinajstić information content (AvgIpc) is 3.50. The van der Waals surface area contributed by atoms with E-state index in [2.05, 4.69) is 11.1 Å². The zero-order valence-corrected chi connectivity index (χ0v) is 28.3. The lowest BCUT2D eigenvalue weighted by Crippen LogP contribution is -2.69. The van der Waals surface area contributed by atoms with Crippen molar-refractivity contribution in [2.45, 2.75) is 118 Å². The Hall–Kier alpha value is -3.11. The predicted molar refractivity (Wildman–Crippen MR) is 171 cm³/mol. The minimum Gasteiger partial charge on any atom is -0.459 e. The highest BCUT2D eigenvalue weighted by molar-refractivity contribution is 6.04. The lowest BCUT2D eigenvalue weighted by atomic mass is 9.80. The number of nitrogens with zero attached hydrogens (tertiary/aromatic N) is 1. The van der Waals surface area contributed by atoms with E-state index in [0.29, 0.717) is 25.8 Å². The molecule has 1 aromatic carbocycles. The number of amides is 2. The van der Waals surface area contributed by atoms with Crippen LogP contribution < -0.4 is 11.1 Å². The largest absolute Gasteiger partial charge is 0.459 e. The van der Waals surface area contributed by atoms with E-state index in [4.69, 9.17) is 4.74 Å². The van der Waals surface area contributed by atoms with Crippen LogP contribution in [0.5, 0.6) is 0 Å². The second-order valence-electron chi connectivity index (χ2n) is 13.5. The molecule has 0 radical (unpaired) electrons. The summed E-state index contributed by atoms with van der Waals surface area (Å²) in [6, 6.07) is 7.36. The second kappa shape index (κ2) is 18.1. The highest BCUT2D eigenvalue weighted by Crippen LogP contribution is 2.25. The summed E-state index contributed by atoms with van der Waals surface area (Å²) >= 11 is 0. The van der Waals surface area contributed by atoms with Gasteiger partial charge in [-0.2, -0.15) is 0 Å². The van der Waals surface area contributed by atoms with Gasteiger partial charge in [-0.05, 0) is 50.0 Å². The number of Topliss-reactive ketones (excluding diaryl/α,β-unsaturated/α-hetero) is 2. The molecule has 7 atom stereocenters. The lowest BCUT2D eigenvalue weighted by molar-refractivity contribution is -0.449. The Bertz CT molecular complexity index is 1140. The normalized spacial score (nSPS) is 19.0. The fourth-order valence-corrected chi connectivity index (χ4v) is 5.80. The van der Waals surface area contributed by atoms with Gasteiger partial charge in [-0.3, -0.25) is 19.2 Å². The van der Waals surface area contributed by atoms with Gasteiger partial charge in [0.2, 0.25) is 11.8 Å². The highest BCUT2D eigenvalue weighted by atomic mass is 16.5. The number of nitrogens with one attached hydrogen (secondary N) is 1. The molecule has 1 saturated heterocycles. The van der Waals surface area contributed by atoms with Crippen LogP contribution in [-0.4, -0.2) is 70.1 Å². The number of quaternary nitrogens is 1. The Labute approximate surface area is 268 Å². The summed E-state index contributed by atoms with van der Waals surface area (Å²) < 4.78 is 5.53. The van der Waals surface area contributed by atoms with E-state index in [-0.39, 0.29) is 60.7 Å². The van der Waals surface area contributed by atoms with E-state index in [1.54, 1.807) is 0 Å². The molecular formula is C35H56N3O7+. The third-order valence-electron chi connectivity index (χ3n) is 9.10. The minimum absolute atomic E-state index is 0.0520. The van der Waals surface area contributed by atoms with Crippen LogP contribution in [0.15, 0.2) is 30.3 Å². The van der Waals surface area contributed by atoms with Gasteiger partial charge in [-0.1, -0.05) is 71.9 Å². The third-order valence-corrected chi connectivity index (χ3v) is 9.10. The van der Waals surface area contributed by atoms with Gasteiger partial charge in [0.15, 0.2) is 0 Å². The van der Waals surface area contributed by atoms with Crippen molar-refractivity contribution in [1.82, 2.24) is 10.2 Å². The molecule has 0 bridgehead atoms. The molecule has 0 aromatic heterocycles. The second-order valence-corrected chi connectivity index (χ2v) is 13.5. The third kappa shape index (κ3) is 11.3. The van der Waals surface area contributed by atoms with Gasteiger partial charge in [0.25, 0.3) is 0 Å². The molecule has 1 heterocycles. The summed E-state index contributed by atoms with van der Waals surface area (Å²) in [5.74, 6) is -3.87. The van der Waals surface area contributed by atoms with Gasteiger partial charge in [-0.15, -0.1) is 0 Å². The van der Waals surface area contributed by atoms with E-state index in [1.807, 2.05) is 71.9 Å². The molecular weight excluding hydrogens is 574 g/mol. The maximum atomic E-state index is 13.8. The van der Waals surface area contributed by atoms with Gasteiger partial charge in [0, 0.05) is 31.2 Å². The molecule has 45 heavy (non-hydrogen) atoms. The first-order valence-corrected chi connectivity index (χ1v) is 16.6. The molecule has 0 unspecified atom stereocenters. The molecule has 0 spiro atoms. The summed E-state index contributed by atoms with van der Waals surface area (Å²) in [6.45, 7) is 13.5. The molecule has 1 aliphatic rings. The maximum Gasteiger partial charge on any atom is 0.329 e. The van der Waals surface area contributed by atoms with Crippen LogP contribution in [0.4, 0.5) is 0 Å². The molecule has 1 aliphatic heterocycles. The number of aliphatic hydroxyl groups excluding tert-OH is 1. The Kier molecular flexibility index (Phi) is 15.3.